The van der Waals surface area contributed by atoms with Crippen LogP contribution in [-0.4, -0.2) is 53.2 Å². The molecule has 3 aromatic carbocycles. The van der Waals surface area contributed by atoms with Gasteiger partial charge in [-0.05, 0) is 54.8 Å². The molecule has 228 valence electrons. The highest BCUT2D eigenvalue weighted by atomic mass is 16.6. The minimum absolute atomic E-state index is 0.0157. The first-order chi connectivity index (χ1) is 21.3. The second kappa shape index (κ2) is 12.5. The predicted octanol–water partition coefficient (Wildman–Crippen LogP) is 4.03. The standard InChI is InChI=1S/C33H33N3O8/c1-42-21-12-10-19(11-13-21)18-43-33(41)35-34-26-17-27(37)30(38)28-24(26)14-15-25-29(28)32(40)36(31(25)39)20-6-5-9-23(16-20)44-22-7-3-2-4-8-22/h2-13,16,24-25,27-30,37-38H,14-15,17-18H2,1H3,(H,35,41)/t24-,25-,27-,28+,29-,30-/m1/s1. The lowest BCUT2D eigenvalue weighted by atomic mass is 9.60. The number of carbonyl (C=O) groups excluding carboxylic acids is 3. The summed E-state index contributed by atoms with van der Waals surface area (Å²) in [4.78, 5) is 41.1. The monoisotopic (exact) mass is 599 g/mol. The highest BCUT2D eigenvalue weighted by Gasteiger charge is 2.60. The minimum Gasteiger partial charge on any atom is -0.497 e. The van der Waals surface area contributed by atoms with Crippen molar-refractivity contribution in [1.29, 1.82) is 0 Å². The Balaban J connectivity index is 1.17. The maximum Gasteiger partial charge on any atom is 0.428 e. The lowest BCUT2D eigenvalue weighted by Crippen LogP contribution is -2.55. The number of anilines is 1. The van der Waals surface area contributed by atoms with Gasteiger partial charge in [0, 0.05) is 30.0 Å². The Labute approximate surface area is 254 Å². The van der Waals surface area contributed by atoms with Gasteiger partial charge < -0.3 is 24.4 Å². The first kappa shape index (κ1) is 29.3. The van der Waals surface area contributed by atoms with Crippen LogP contribution in [0.3, 0.4) is 0 Å². The second-order valence-electron chi connectivity index (χ2n) is 11.2. The van der Waals surface area contributed by atoms with Gasteiger partial charge >= 0.3 is 6.09 Å². The molecule has 1 saturated heterocycles. The number of hydrogen-bond acceptors (Lipinski definition) is 9. The van der Waals surface area contributed by atoms with Gasteiger partial charge in [-0.3, -0.25) is 9.59 Å². The van der Waals surface area contributed by atoms with Crippen LogP contribution in [0, 0.1) is 23.7 Å². The Morgan fingerprint density at radius 1 is 0.909 bits per heavy atom. The Hall–Kier alpha value is -4.74. The summed E-state index contributed by atoms with van der Waals surface area (Å²) in [6.45, 7) is 0.0157. The molecule has 0 bridgehead atoms. The molecule has 11 heteroatoms. The normalized spacial score (nSPS) is 27.0. The maximum atomic E-state index is 13.9. The summed E-state index contributed by atoms with van der Waals surface area (Å²) in [5, 5.41) is 26.1. The fourth-order valence-electron chi connectivity index (χ4n) is 6.58. The first-order valence-electron chi connectivity index (χ1n) is 14.5. The quantitative estimate of drug-likeness (QED) is 0.273. The van der Waals surface area contributed by atoms with E-state index < -0.39 is 47.9 Å². The number of nitrogens with one attached hydrogen (secondary N) is 1. The zero-order valence-electron chi connectivity index (χ0n) is 24.0. The lowest BCUT2D eigenvalue weighted by Gasteiger charge is -2.45. The van der Waals surface area contributed by atoms with Crippen LogP contribution in [0.1, 0.15) is 24.8 Å². The number of para-hydroxylation sites is 1. The number of imide groups is 1. The van der Waals surface area contributed by atoms with Crippen LogP contribution in [0.25, 0.3) is 0 Å². The van der Waals surface area contributed by atoms with E-state index in [-0.39, 0.29) is 18.9 Å². The summed E-state index contributed by atoms with van der Waals surface area (Å²) in [7, 11) is 1.56. The first-order valence-corrected chi connectivity index (χ1v) is 14.5. The van der Waals surface area contributed by atoms with Crippen molar-refractivity contribution in [2.45, 2.75) is 38.1 Å². The van der Waals surface area contributed by atoms with Crippen LogP contribution in [-0.2, 0) is 20.9 Å². The van der Waals surface area contributed by atoms with Crippen molar-refractivity contribution in [3.63, 3.8) is 0 Å². The Kier molecular flexibility index (Phi) is 8.32. The van der Waals surface area contributed by atoms with Crippen molar-refractivity contribution in [2.75, 3.05) is 12.0 Å². The van der Waals surface area contributed by atoms with E-state index in [9.17, 15) is 24.6 Å². The molecule has 0 spiro atoms. The van der Waals surface area contributed by atoms with Crippen molar-refractivity contribution in [3.8, 4) is 17.2 Å². The molecule has 3 amide bonds. The molecule has 3 N–H and O–H groups in total. The van der Waals surface area contributed by atoms with E-state index in [1.54, 1.807) is 67.8 Å². The number of methoxy groups -OCH3 is 1. The van der Waals surface area contributed by atoms with E-state index in [1.165, 1.54) is 0 Å². The summed E-state index contributed by atoms with van der Waals surface area (Å²) in [6, 6.07) is 23.0. The van der Waals surface area contributed by atoms with Crippen LogP contribution in [0.15, 0.2) is 84.0 Å². The molecule has 44 heavy (non-hydrogen) atoms. The fourth-order valence-corrected chi connectivity index (χ4v) is 6.58. The zero-order chi connectivity index (χ0) is 30.8. The largest absolute Gasteiger partial charge is 0.497 e. The topological polar surface area (TPSA) is 147 Å². The highest BCUT2D eigenvalue weighted by molar-refractivity contribution is 6.22. The van der Waals surface area contributed by atoms with Gasteiger partial charge in [-0.15, -0.1) is 0 Å². The summed E-state index contributed by atoms with van der Waals surface area (Å²) in [6.07, 6.45) is -2.36. The number of ether oxygens (including phenoxy) is 3. The van der Waals surface area contributed by atoms with Gasteiger partial charge in [-0.25, -0.2) is 15.1 Å². The Morgan fingerprint density at radius 2 is 1.64 bits per heavy atom. The van der Waals surface area contributed by atoms with Crippen LogP contribution in [0.5, 0.6) is 17.2 Å². The van der Waals surface area contributed by atoms with Gasteiger partial charge in [-0.2, -0.15) is 5.10 Å². The predicted molar refractivity (Wildman–Crippen MR) is 159 cm³/mol. The molecule has 11 nitrogen and oxygen atoms in total. The molecule has 3 aliphatic rings. The summed E-state index contributed by atoms with van der Waals surface area (Å²) >= 11 is 0. The van der Waals surface area contributed by atoms with Crippen molar-refractivity contribution in [2.24, 2.45) is 28.8 Å². The maximum absolute atomic E-state index is 13.9. The van der Waals surface area contributed by atoms with E-state index in [0.29, 0.717) is 41.5 Å². The molecule has 0 aromatic heterocycles. The molecule has 2 saturated carbocycles. The molecule has 1 aliphatic heterocycles. The molecule has 2 aliphatic carbocycles. The van der Waals surface area contributed by atoms with E-state index in [4.69, 9.17) is 14.2 Å². The number of hydrogen-bond donors (Lipinski definition) is 3. The van der Waals surface area contributed by atoms with Crippen molar-refractivity contribution in [1.82, 2.24) is 5.43 Å². The molecule has 1 heterocycles. The molecule has 0 radical (unpaired) electrons. The van der Waals surface area contributed by atoms with Crippen LogP contribution in [0.2, 0.25) is 0 Å². The van der Waals surface area contributed by atoms with Gasteiger partial charge in [0.05, 0.1) is 36.8 Å². The lowest BCUT2D eigenvalue weighted by molar-refractivity contribution is -0.132. The van der Waals surface area contributed by atoms with E-state index >= 15 is 0 Å². The van der Waals surface area contributed by atoms with Crippen LogP contribution >= 0.6 is 0 Å². The third-order valence-corrected chi connectivity index (χ3v) is 8.65. The Morgan fingerprint density at radius 3 is 2.39 bits per heavy atom. The van der Waals surface area contributed by atoms with Crippen LogP contribution in [0.4, 0.5) is 10.5 Å². The van der Waals surface area contributed by atoms with Crippen molar-refractivity contribution in [3.05, 3.63) is 84.4 Å². The van der Waals surface area contributed by atoms with Crippen molar-refractivity contribution >= 4 is 29.3 Å². The molecule has 3 aromatic rings. The molecule has 3 fully saturated rings. The third-order valence-electron chi connectivity index (χ3n) is 8.65. The second-order valence-corrected chi connectivity index (χ2v) is 11.2. The highest BCUT2D eigenvalue weighted by Crippen LogP contribution is 2.50. The van der Waals surface area contributed by atoms with Gasteiger partial charge in [-0.1, -0.05) is 36.4 Å². The number of aliphatic hydroxyl groups excluding tert-OH is 2. The van der Waals surface area contributed by atoms with Gasteiger partial charge in [0.1, 0.15) is 23.9 Å². The number of benzene rings is 3. The van der Waals surface area contributed by atoms with E-state index in [2.05, 4.69) is 10.5 Å². The number of hydrazone groups is 1. The number of amides is 3. The van der Waals surface area contributed by atoms with Crippen LogP contribution < -0.4 is 19.8 Å². The molecule has 0 unspecified atom stereocenters. The van der Waals surface area contributed by atoms with Gasteiger partial charge in [0.25, 0.3) is 0 Å². The third kappa shape index (κ3) is 5.76. The summed E-state index contributed by atoms with van der Waals surface area (Å²) in [5.41, 5.74) is 3.97. The molecule has 6 rings (SSSR count). The SMILES string of the molecule is COc1ccc(COC(=O)NN=C2C[C@@H](O)[C@@H](O)[C@@H]3[C@@H]4C(=O)N(c5cccc(Oc6ccccc6)c5)C(=O)[C@@H]4CC[C@H]23)cc1. The molecule has 6 atom stereocenters. The smallest absolute Gasteiger partial charge is 0.428 e. The number of rotatable bonds is 7. The summed E-state index contributed by atoms with van der Waals surface area (Å²) < 4.78 is 16.3. The van der Waals surface area contributed by atoms with E-state index in [1.807, 2.05) is 18.2 Å². The average Bonchev–Trinajstić information content (AvgIpc) is 3.30. The number of nitrogens with zero attached hydrogens (tertiary/aromatic N) is 2. The molecular formula is C33H33N3O8. The summed E-state index contributed by atoms with van der Waals surface area (Å²) in [5.74, 6) is -1.68. The number of fused-ring (bicyclic) bond motifs is 3. The fraction of sp³-hybridized carbons (Fsp3) is 0.333. The van der Waals surface area contributed by atoms with E-state index in [0.717, 1.165) is 10.5 Å². The van der Waals surface area contributed by atoms with Gasteiger partial charge in [0.15, 0.2) is 0 Å². The number of carbonyl (C=O) groups is 3. The van der Waals surface area contributed by atoms with Crippen molar-refractivity contribution < 1.29 is 38.8 Å². The Bertz CT molecular complexity index is 1560. The number of aliphatic hydroxyl groups is 2. The zero-order valence-corrected chi connectivity index (χ0v) is 24.0. The molecular weight excluding hydrogens is 566 g/mol. The van der Waals surface area contributed by atoms with Gasteiger partial charge in [0.2, 0.25) is 11.8 Å². The average molecular weight is 600 g/mol. The minimum atomic E-state index is -1.24.